The highest BCUT2D eigenvalue weighted by Crippen LogP contribution is 1.95. The molecule has 54 valence electrons. The van der Waals surface area contributed by atoms with E-state index in [9.17, 15) is 0 Å². The predicted molar refractivity (Wildman–Crippen MR) is 52.4 cm³/mol. The van der Waals surface area contributed by atoms with Crippen molar-refractivity contribution in [1.29, 1.82) is 0 Å². The van der Waals surface area contributed by atoms with E-state index in [4.69, 9.17) is 0 Å². The second-order valence-electron chi connectivity index (χ2n) is 2.93. The Labute approximate surface area is 68.8 Å². The first kappa shape index (κ1) is 9.69. The summed E-state index contributed by atoms with van der Waals surface area (Å²) in [5.41, 5.74) is 3.16. The molecule has 0 aromatic heterocycles. The van der Waals surface area contributed by atoms with Gasteiger partial charge < -0.3 is 0 Å². The lowest BCUT2D eigenvalue weighted by Gasteiger charge is -2.01. The number of rotatable bonds is 0. The van der Waals surface area contributed by atoms with E-state index in [1.807, 2.05) is 6.26 Å². The molecular weight excluding hydrogens is 156 g/mol. The molecule has 0 aromatic carbocycles. The fourth-order valence-corrected chi connectivity index (χ4v) is 0.886. The van der Waals surface area contributed by atoms with Gasteiger partial charge in [-0.15, -0.1) is 5.54 Å². The number of hydrogen-bond donors (Lipinski definition) is 0. The SMILES string of the molecule is CSC#CC#C[Si](C)(C)C. The van der Waals surface area contributed by atoms with Gasteiger partial charge in [0.15, 0.2) is 0 Å². The van der Waals surface area contributed by atoms with Crippen LogP contribution in [0, 0.1) is 22.6 Å². The molecule has 0 saturated carbocycles. The van der Waals surface area contributed by atoms with E-state index < -0.39 is 8.07 Å². The average Bonchev–Trinajstić information content (AvgIpc) is 1.78. The maximum Gasteiger partial charge on any atom is 0.130 e. The summed E-state index contributed by atoms with van der Waals surface area (Å²) in [6.45, 7) is 6.63. The van der Waals surface area contributed by atoms with Crippen LogP contribution in [0.2, 0.25) is 19.6 Å². The van der Waals surface area contributed by atoms with Crippen molar-refractivity contribution in [3.05, 3.63) is 0 Å². The maximum absolute atomic E-state index is 3.16. The zero-order chi connectivity index (χ0) is 8.04. The normalized spacial score (nSPS) is 8.80. The van der Waals surface area contributed by atoms with Gasteiger partial charge in [0.1, 0.15) is 8.07 Å². The Morgan fingerprint density at radius 1 is 1.10 bits per heavy atom. The molecule has 0 unspecified atom stereocenters. The lowest BCUT2D eigenvalue weighted by Crippen LogP contribution is -2.16. The monoisotopic (exact) mass is 168 g/mol. The van der Waals surface area contributed by atoms with Crippen LogP contribution in [-0.4, -0.2) is 14.3 Å². The van der Waals surface area contributed by atoms with Crippen molar-refractivity contribution in [3.8, 4) is 22.6 Å². The van der Waals surface area contributed by atoms with E-state index in [1.54, 1.807) is 0 Å². The molecule has 0 aromatic rings. The van der Waals surface area contributed by atoms with Crippen LogP contribution in [-0.2, 0) is 0 Å². The van der Waals surface area contributed by atoms with Gasteiger partial charge >= 0.3 is 0 Å². The number of hydrogen-bond acceptors (Lipinski definition) is 1. The second kappa shape index (κ2) is 4.49. The Bertz CT molecular complexity index is 203. The summed E-state index contributed by atoms with van der Waals surface area (Å²) in [5, 5.41) is 2.84. The first-order chi connectivity index (χ1) is 4.56. The van der Waals surface area contributed by atoms with Crippen LogP contribution >= 0.6 is 11.8 Å². The molecule has 0 rings (SSSR count). The summed E-state index contributed by atoms with van der Waals surface area (Å²) in [4.78, 5) is 0. The van der Waals surface area contributed by atoms with Gasteiger partial charge in [-0.3, -0.25) is 0 Å². The molecule has 10 heavy (non-hydrogen) atoms. The highest BCUT2D eigenvalue weighted by molar-refractivity contribution is 8.03. The van der Waals surface area contributed by atoms with E-state index in [1.165, 1.54) is 11.8 Å². The van der Waals surface area contributed by atoms with Gasteiger partial charge in [-0.25, -0.2) is 0 Å². The molecule has 0 spiro atoms. The summed E-state index contributed by atoms with van der Waals surface area (Å²) in [7, 11) is -1.18. The Kier molecular flexibility index (Phi) is 4.35. The zero-order valence-corrected chi connectivity index (χ0v) is 8.72. The first-order valence-electron chi connectivity index (χ1n) is 3.11. The topological polar surface area (TPSA) is 0 Å². The Balaban J connectivity index is 3.93. The summed E-state index contributed by atoms with van der Waals surface area (Å²) in [5.74, 6) is 5.63. The van der Waals surface area contributed by atoms with Crippen LogP contribution in [0.3, 0.4) is 0 Å². The molecule has 0 aliphatic rings. The molecule has 0 saturated heterocycles. The first-order valence-corrected chi connectivity index (χ1v) is 7.84. The van der Waals surface area contributed by atoms with Crippen molar-refractivity contribution in [2.24, 2.45) is 0 Å². The number of thioether (sulfide) groups is 1. The summed E-state index contributed by atoms with van der Waals surface area (Å²) < 4.78 is 0. The van der Waals surface area contributed by atoms with E-state index >= 15 is 0 Å². The van der Waals surface area contributed by atoms with Crippen LogP contribution < -0.4 is 0 Å². The molecule has 0 nitrogen and oxygen atoms in total. The second-order valence-corrected chi connectivity index (χ2v) is 8.29. The van der Waals surface area contributed by atoms with Gasteiger partial charge in [0.25, 0.3) is 0 Å². The van der Waals surface area contributed by atoms with Crippen LogP contribution in [0.25, 0.3) is 0 Å². The molecular formula is C8H12SSi. The fraction of sp³-hybridized carbons (Fsp3) is 0.500. The summed E-state index contributed by atoms with van der Waals surface area (Å²) in [6, 6.07) is 0. The molecule has 0 amide bonds. The molecule has 0 heterocycles. The van der Waals surface area contributed by atoms with Gasteiger partial charge in [-0.1, -0.05) is 31.4 Å². The fourth-order valence-electron chi connectivity index (χ4n) is 0.295. The highest BCUT2D eigenvalue weighted by Gasteiger charge is 2.06. The van der Waals surface area contributed by atoms with Crippen molar-refractivity contribution >= 4 is 19.8 Å². The molecule has 0 aliphatic heterocycles. The zero-order valence-electron chi connectivity index (χ0n) is 6.91. The van der Waals surface area contributed by atoms with Gasteiger partial charge in [0.05, 0.1) is 0 Å². The minimum atomic E-state index is -1.18. The van der Waals surface area contributed by atoms with E-state index in [-0.39, 0.29) is 0 Å². The smallest absolute Gasteiger partial charge is 0.118 e. The molecule has 0 aliphatic carbocycles. The standard InChI is InChI=1S/C8H12SSi/c1-9-7-5-6-8-10(2,3)4/h1-4H3. The van der Waals surface area contributed by atoms with Crippen molar-refractivity contribution in [2.75, 3.05) is 6.26 Å². The third kappa shape index (κ3) is 7.69. The van der Waals surface area contributed by atoms with Crippen molar-refractivity contribution < 1.29 is 0 Å². The van der Waals surface area contributed by atoms with E-state index in [0.29, 0.717) is 0 Å². The summed E-state index contributed by atoms with van der Waals surface area (Å²) in [6.07, 6.45) is 1.95. The third-order valence-electron chi connectivity index (χ3n) is 0.653. The molecule has 0 fully saturated rings. The van der Waals surface area contributed by atoms with Crippen LogP contribution in [0.1, 0.15) is 0 Å². The molecule has 0 N–H and O–H groups in total. The Morgan fingerprint density at radius 2 is 1.70 bits per heavy atom. The van der Waals surface area contributed by atoms with Crippen LogP contribution in [0.4, 0.5) is 0 Å². The Hall–Kier alpha value is -0.313. The van der Waals surface area contributed by atoms with Crippen molar-refractivity contribution in [1.82, 2.24) is 0 Å². The van der Waals surface area contributed by atoms with Crippen molar-refractivity contribution in [2.45, 2.75) is 19.6 Å². The van der Waals surface area contributed by atoms with E-state index in [0.717, 1.165) is 0 Å². The van der Waals surface area contributed by atoms with Crippen LogP contribution in [0.5, 0.6) is 0 Å². The van der Waals surface area contributed by atoms with E-state index in [2.05, 4.69) is 42.3 Å². The lowest BCUT2D eigenvalue weighted by atomic mass is 10.7. The molecule has 0 bridgehead atoms. The van der Waals surface area contributed by atoms with Gasteiger partial charge in [-0.05, 0) is 23.3 Å². The largest absolute Gasteiger partial charge is 0.130 e. The summed E-state index contributed by atoms with van der Waals surface area (Å²) >= 11 is 1.50. The lowest BCUT2D eigenvalue weighted by molar-refractivity contribution is 1.81. The quantitative estimate of drug-likeness (QED) is 0.395. The van der Waals surface area contributed by atoms with Crippen molar-refractivity contribution in [3.63, 3.8) is 0 Å². The van der Waals surface area contributed by atoms with Gasteiger partial charge in [0, 0.05) is 0 Å². The van der Waals surface area contributed by atoms with Gasteiger partial charge in [0.2, 0.25) is 0 Å². The highest BCUT2D eigenvalue weighted by atomic mass is 32.2. The van der Waals surface area contributed by atoms with Crippen LogP contribution in [0.15, 0.2) is 0 Å². The maximum atomic E-state index is 3.16. The third-order valence-corrected chi connectivity index (χ3v) is 1.83. The minimum Gasteiger partial charge on any atom is -0.118 e. The average molecular weight is 168 g/mol. The predicted octanol–water partition coefficient (Wildman–Crippen LogP) is 2.19. The molecule has 0 atom stereocenters. The Morgan fingerprint density at radius 3 is 2.10 bits per heavy atom. The minimum absolute atomic E-state index is 1.18. The molecule has 2 heteroatoms. The van der Waals surface area contributed by atoms with Gasteiger partial charge in [-0.2, -0.15) is 0 Å². The molecule has 0 radical (unpaired) electrons.